The second kappa shape index (κ2) is 9.66. The van der Waals surface area contributed by atoms with Gasteiger partial charge in [0, 0.05) is 28.7 Å². The molecule has 0 bridgehead atoms. The maximum atomic E-state index is 12.8. The molecule has 7 heteroatoms. The molecule has 1 aliphatic rings. The monoisotopic (exact) mass is 498 g/mol. The molecular weight excluding hydrogens is 475 g/mol. The number of rotatable bonds is 7. The number of thiophene rings is 1. The summed E-state index contributed by atoms with van der Waals surface area (Å²) < 4.78 is 5.92. The van der Waals surface area contributed by atoms with Gasteiger partial charge >= 0.3 is 0 Å². The van der Waals surface area contributed by atoms with Gasteiger partial charge in [0.05, 0.1) is 11.1 Å². The molecule has 0 unspecified atom stereocenters. The van der Waals surface area contributed by atoms with E-state index in [0.717, 1.165) is 41.2 Å². The Bertz CT molecular complexity index is 835. The van der Waals surface area contributed by atoms with E-state index in [0.29, 0.717) is 29.3 Å². The van der Waals surface area contributed by atoms with Gasteiger partial charge in [0.1, 0.15) is 5.00 Å². The van der Waals surface area contributed by atoms with Crippen molar-refractivity contribution in [3.05, 3.63) is 49.4 Å². The fourth-order valence-electron chi connectivity index (χ4n) is 3.22. The zero-order valence-electron chi connectivity index (χ0n) is 15.3. The van der Waals surface area contributed by atoms with Crippen molar-refractivity contribution in [3.8, 4) is 0 Å². The highest BCUT2D eigenvalue weighted by molar-refractivity contribution is 14.1. The first-order chi connectivity index (χ1) is 13.1. The third-order valence-corrected chi connectivity index (χ3v) is 6.70. The Morgan fingerprint density at radius 2 is 1.96 bits per heavy atom. The maximum Gasteiger partial charge on any atom is 0.257 e. The summed E-state index contributed by atoms with van der Waals surface area (Å²) in [5, 5.41) is 6.63. The minimum Gasteiger partial charge on any atom is -0.385 e. The van der Waals surface area contributed by atoms with E-state index in [4.69, 9.17) is 4.74 Å². The third kappa shape index (κ3) is 4.89. The van der Waals surface area contributed by atoms with E-state index in [9.17, 15) is 9.59 Å². The molecule has 2 amide bonds. The fraction of sp³-hybridized carbons (Fsp3) is 0.400. The molecule has 0 spiro atoms. The lowest BCUT2D eigenvalue weighted by Gasteiger charge is -2.13. The molecule has 27 heavy (non-hydrogen) atoms. The lowest BCUT2D eigenvalue weighted by Crippen LogP contribution is -2.27. The number of carbonyl (C=O) groups is 2. The first-order valence-electron chi connectivity index (χ1n) is 9.09. The van der Waals surface area contributed by atoms with Crippen molar-refractivity contribution in [1.29, 1.82) is 0 Å². The van der Waals surface area contributed by atoms with E-state index >= 15 is 0 Å². The quantitative estimate of drug-likeness (QED) is 0.443. The normalized spacial score (nSPS) is 13.1. The number of hydrogen-bond acceptors (Lipinski definition) is 4. The molecule has 2 N–H and O–H groups in total. The van der Waals surface area contributed by atoms with Crippen LogP contribution in [0.25, 0.3) is 0 Å². The molecular formula is C20H23IN2O3S. The number of nitrogens with one attached hydrogen (secondary N) is 2. The molecule has 1 aromatic heterocycles. The van der Waals surface area contributed by atoms with Gasteiger partial charge in [-0.05, 0) is 72.4 Å². The van der Waals surface area contributed by atoms with Crippen LogP contribution in [0.4, 0.5) is 5.00 Å². The maximum absolute atomic E-state index is 12.8. The van der Waals surface area contributed by atoms with E-state index in [-0.39, 0.29) is 11.8 Å². The lowest BCUT2D eigenvalue weighted by molar-refractivity contribution is 0.0948. The van der Waals surface area contributed by atoms with Crippen LogP contribution in [0.1, 0.15) is 50.4 Å². The van der Waals surface area contributed by atoms with Crippen molar-refractivity contribution in [2.75, 3.05) is 25.6 Å². The topological polar surface area (TPSA) is 67.4 Å². The summed E-state index contributed by atoms with van der Waals surface area (Å²) in [6, 6.07) is 7.45. The van der Waals surface area contributed by atoms with Crippen LogP contribution in [-0.2, 0) is 17.6 Å². The molecule has 0 radical (unpaired) electrons. The molecule has 1 aromatic carbocycles. The summed E-state index contributed by atoms with van der Waals surface area (Å²) in [4.78, 5) is 26.8. The molecule has 0 saturated carbocycles. The van der Waals surface area contributed by atoms with Crippen LogP contribution in [0.3, 0.4) is 0 Å². The largest absolute Gasteiger partial charge is 0.385 e. The zero-order valence-corrected chi connectivity index (χ0v) is 18.2. The number of anilines is 1. The summed E-state index contributed by atoms with van der Waals surface area (Å²) in [6.07, 6.45) is 4.84. The number of amides is 2. The van der Waals surface area contributed by atoms with Gasteiger partial charge in [0.25, 0.3) is 11.8 Å². The summed E-state index contributed by atoms with van der Waals surface area (Å²) in [7, 11) is 1.65. The third-order valence-electron chi connectivity index (χ3n) is 4.55. The summed E-state index contributed by atoms with van der Waals surface area (Å²) in [5.41, 5.74) is 2.37. The number of ether oxygens (including phenoxy) is 1. The number of methoxy groups -OCH3 is 1. The van der Waals surface area contributed by atoms with Gasteiger partial charge in [-0.25, -0.2) is 0 Å². The highest BCUT2D eigenvalue weighted by Gasteiger charge is 2.26. The van der Waals surface area contributed by atoms with E-state index in [1.807, 2.05) is 18.2 Å². The van der Waals surface area contributed by atoms with Gasteiger partial charge in [-0.2, -0.15) is 0 Å². The van der Waals surface area contributed by atoms with Crippen LogP contribution < -0.4 is 10.6 Å². The van der Waals surface area contributed by atoms with Crippen molar-refractivity contribution < 1.29 is 14.3 Å². The number of fused-ring (bicyclic) bond motifs is 1. The van der Waals surface area contributed by atoms with E-state index in [1.54, 1.807) is 24.5 Å². The molecule has 1 aliphatic carbocycles. The molecule has 144 valence electrons. The van der Waals surface area contributed by atoms with E-state index < -0.39 is 0 Å². The summed E-state index contributed by atoms with van der Waals surface area (Å²) in [5.74, 6) is -0.282. The van der Waals surface area contributed by atoms with Crippen LogP contribution in [0, 0.1) is 3.57 Å². The highest BCUT2D eigenvalue weighted by atomic mass is 127. The Hall–Kier alpha value is -1.45. The molecule has 0 atom stereocenters. The standard InChI is InChI=1S/C20H23IN2O3S/c1-26-12-6-11-22-19(25)17-14-8-3-5-10-16(14)27-20(17)23-18(24)13-7-2-4-9-15(13)21/h2,4,7,9H,3,5-6,8,10-12H2,1H3,(H,22,25)(H,23,24). The number of aryl methyl sites for hydroxylation is 1. The van der Waals surface area contributed by atoms with Crippen LogP contribution in [0.5, 0.6) is 0 Å². The minimum absolute atomic E-state index is 0.108. The number of carbonyl (C=O) groups excluding carboxylic acids is 2. The predicted octanol–water partition coefficient (Wildman–Crippen LogP) is 4.25. The van der Waals surface area contributed by atoms with E-state index in [2.05, 4.69) is 33.2 Å². The van der Waals surface area contributed by atoms with Gasteiger partial charge in [0.15, 0.2) is 0 Å². The SMILES string of the molecule is COCCCNC(=O)c1c(NC(=O)c2ccccc2I)sc2c1CCCC2. The van der Waals surface area contributed by atoms with Gasteiger partial charge in [0.2, 0.25) is 0 Å². The molecule has 3 rings (SSSR count). The molecule has 5 nitrogen and oxygen atoms in total. The van der Waals surface area contributed by atoms with Crippen LogP contribution in [0.15, 0.2) is 24.3 Å². The first-order valence-corrected chi connectivity index (χ1v) is 11.0. The Balaban J connectivity index is 1.84. The first kappa shape index (κ1) is 20.3. The Morgan fingerprint density at radius 1 is 1.19 bits per heavy atom. The second-order valence-electron chi connectivity index (χ2n) is 6.45. The van der Waals surface area contributed by atoms with Crippen molar-refractivity contribution in [2.45, 2.75) is 32.1 Å². The zero-order chi connectivity index (χ0) is 19.2. The van der Waals surface area contributed by atoms with Gasteiger partial charge in [-0.1, -0.05) is 12.1 Å². The Kier molecular flexibility index (Phi) is 7.26. The van der Waals surface area contributed by atoms with Gasteiger partial charge in [-0.15, -0.1) is 11.3 Å². The van der Waals surface area contributed by atoms with Crippen LogP contribution >= 0.6 is 33.9 Å². The van der Waals surface area contributed by atoms with Crippen molar-refractivity contribution in [2.24, 2.45) is 0 Å². The van der Waals surface area contributed by atoms with E-state index in [1.165, 1.54) is 4.88 Å². The van der Waals surface area contributed by atoms with Crippen molar-refractivity contribution >= 4 is 50.7 Å². The predicted molar refractivity (Wildman–Crippen MR) is 117 cm³/mol. The van der Waals surface area contributed by atoms with Gasteiger partial charge < -0.3 is 15.4 Å². The van der Waals surface area contributed by atoms with Crippen LogP contribution in [0.2, 0.25) is 0 Å². The minimum atomic E-state index is -0.174. The molecule has 2 aromatic rings. The smallest absolute Gasteiger partial charge is 0.257 e. The number of halogens is 1. The average molecular weight is 498 g/mol. The Labute approximate surface area is 177 Å². The number of hydrogen-bond donors (Lipinski definition) is 2. The molecule has 1 heterocycles. The average Bonchev–Trinajstić information content (AvgIpc) is 3.03. The second-order valence-corrected chi connectivity index (χ2v) is 8.72. The van der Waals surface area contributed by atoms with Crippen molar-refractivity contribution in [3.63, 3.8) is 0 Å². The summed E-state index contributed by atoms with van der Waals surface area (Å²) in [6.45, 7) is 1.17. The van der Waals surface area contributed by atoms with Gasteiger partial charge in [-0.3, -0.25) is 9.59 Å². The highest BCUT2D eigenvalue weighted by Crippen LogP contribution is 2.38. The molecule has 0 fully saturated rings. The fourth-order valence-corrected chi connectivity index (χ4v) is 5.13. The van der Waals surface area contributed by atoms with Crippen molar-refractivity contribution in [1.82, 2.24) is 5.32 Å². The van der Waals surface area contributed by atoms with Crippen LogP contribution in [-0.4, -0.2) is 32.1 Å². The molecule has 0 saturated heterocycles. The summed E-state index contributed by atoms with van der Waals surface area (Å²) >= 11 is 3.70. The Morgan fingerprint density at radius 3 is 2.74 bits per heavy atom. The number of benzene rings is 1. The lowest BCUT2D eigenvalue weighted by atomic mass is 9.95. The molecule has 0 aliphatic heterocycles.